The van der Waals surface area contributed by atoms with E-state index in [1.54, 1.807) is 12.1 Å². The lowest BCUT2D eigenvalue weighted by atomic mass is 10.1. The van der Waals surface area contributed by atoms with Crippen molar-refractivity contribution in [3.05, 3.63) is 40.3 Å². The normalized spacial score (nSPS) is 11.9. The first kappa shape index (κ1) is 10.4. The fourth-order valence-corrected chi connectivity index (χ4v) is 1.15. The number of carbonyl (C=O) groups excluding carboxylic acids is 1. The third-order valence-corrected chi connectivity index (χ3v) is 1.99. The molecule has 0 aliphatic heterocycles. The van der Waals surface area contributed by atoms with Gasteiger partial charge in [0, 0.05) is 7.05 Å². The average Bonchev–Trinajstić information content (AvgIpc) is 2.21. The summed E-state index contributed by atoms with van der Waals surface area (Å²) in [6.07, 6.45) is 0. The first-order chi connectivity index (χ1) is 6.69. The Morgan fingerprint density at radius 2 is 1.93 bits per heavy atom. The fraction of sp³-hybridized carbons (Fsp3) is 0.300. The number of aryl methyl sites for hydroxylation is 1. The van der Waals surface area contributed by atoms with Gasteiger partial charge >= 0.3 is 0 Å². The molecule has 1 rings (SSSR count). The van der Waals surface area contributed by atoms with Gasteiger partial charge in [0.2, 0.25) is 0 Å². The molecule has 4 heteroatoms. The van der Waals surface area contributed by atoms with Crippen molar-refractivity contribution in [2.24, 2.45) is 5.18 Å². The number of hydrogen-bond acceptors (Lipinski definition) is 3. The van der Waals surface area contributed by atoms with Crippen LogP contribution >= 0.6 is 0 Å². The zero-order chi connectivity index (χ0) is 10.6. The van der Waals surface area contributed by atoms with Gasteiger partial charge in [-0.1, -0.05) is 35.0 Å². The second-order valence-electron chi connectivity index (χ2n) is 3.03. The van der Waals surface area contributed by atoms with Crippen LogP contribution in [0.3, 0.4) is 0 Å². The number of nitroso groups, excluding NO2 is 1. The summed E-state index contributed by atoms with van der Waals surface area (Å²) in [5.74, 6) is -0.385. The number of likely N-dealkylation sites (N-methyl/N-ethyl adjacent to an activating group) is 1. The molecule has 1 unspecified atom stereocenters. The van der Waals surface area contributed by atoms with Crippen molar-refractivity contribution in [3.63, 3.8) is 0 Å². The number of benzene rings is 1. The summed E-state index contributed by atoms with van der Waals surface area (Å²) < 4.78 is 0. The lowest BCUT2D eigenvalue weighted by Gasteiger charge is -2.07. The van der Waals surface area contributed by atoms with E-state index in [1.165, 1.54) is 7.05 Å². The molecule has 0 radical (unpaired) electrons. The van der Waals surface area contributed by atoms with E-state index in [2.05, 4.69) is 10.5 Å². The SMILES string of the molecule is CNC(=O)C(N=O)c1ccc(C)cc1. The predicted octanol–water partition coefficient (Wildman–Crippen LogP) is 1.55. The van der Waals surface area contributed by atoms with Crippen molar-refractivity contribution in [1.82, 2.24) is 5.32 Å². The zero-order valence-electron chi connectivity index (χ0n) is 8.15. The molecule has 1 aromatic carbocycles. The monoisotopic (exact) mass is 192 g/mol. The maximum atomic E-state index is 11.2. The molecule has 1 atom stereocenters. The molecular weight excluding hydrogens is 180 g/mol. The van der Waals surface area contributed by atoms with Gasteiger partial charge in [0.1, 0.15) is 0 Å². The fourth-order valence-electron chi connectivity index (χ4n) is 1.15. The Labute approximate surface area is 82.3 Å². The molecule has 1 N–H and O–H groups in total. The summed E-state index contributed by atoms with van der Waals surface area (Å²) in [6.45, 7) is 1.94. The minimum absolute atomic E-state index is 0.385. The predicted molar refractivity (Wildman–Crippen MR) is 53.8 cm³/mol. The maximum absolute atomic E-state index is 11.2. The molecule has 14 heavy (non-hydrogen) atoms. The third kappa shape index (κ3) is 2.16. The molecule has 0 fully saturated rings. The van der Waals surface area contributed by atoms with Crippen LogP contribution in [0.5, 0.6) is 0 Å². The molecule has 0 bridgehead atoms. The van der Waals surface area contributed by atoms with E-state index in [0.29, 0.717) is 5.56 Å². The molecule has 1 amide bonds. The van der Waals surface area contributed by atoms with Crippen LogP contribution in [0.1, 0.15) is 17.2 Å². The lowest BCUT2D eigenvalue weighted by Crippen LogP contribution is -2.24. The van der Waals surface area contributed by atoms with Crippen LogP contribution in [-0.2, 0) is 4.79 Å². The van der Waals surface area contributed by atoms with Crippen molar-refractivity contribution in [2.45, 2.75) is 13.0 Å². The summed E-state index contributed by atoms with van der Waals surface area (Å²) in [5, 5.41) is 5.19. The quantitative estimate of drug-likeness (QED) is 0.738. The average molecular weight is 192 g/mol. The van der Waals surface area contributed by atoms with Gasteiger partial charge in [-0.05, 0) is 12.5 Å². The van der Waals surface area contributed by atoms with Crippen LogP contribution in [0.4, 0.5) is 0 Å². The molecule has 0 aromatic heterocycles. The van der Waals surface area contributed by atoms with Gasteiger partial charge < -0.3 is 5.32 Å². The number of nitrogens with zero attached hydrogens (tertiary/aromatic N) is 1. The number of carbonyl (C=O) groups is 1. The Hall–Kier alpha value is -1.71. The highest BCUT2D eigenvalue weighted by Crippen LogP contribution is 2.17. The minimum atomic E-state index is -0.944. The van der Waals surface area contributed by atoms with E-state index in [0.717, 1.165) is 5.56 Å². The van der Waals surface area contributed by atoms with Gasteiger partial charge in [0.15, 0.2) is 6.04 Å². The molecule has 4 nitrogen and oxygen atoms in total. The number of hydrogen-bond donors (Lipinski definition) is 1. The van der Waals surface area contributed by atoms with E-state index in [4.69, 9.17) is 0 Å². The van der Waals surface area contributed by atoms with Crippen molar-refractivity contribution in [3.8, 4) is 0 Å². The summed E-state index contributed by atoms with van der Waals surface area (Å²) in [5.41, 5.74) is 1.69. The first-order valence-corrected chi connectivity index (χ1v) is 4.29. The molecule has 0 spiro atoms. The molecule has 0 saturated carbocycles. The summed E-state index contributed by atoms with van der Waals surface area (Å²) in [4.78, 5) is 21.7. The van der Waals surface area contributed by atoms with Crippen molar-refractivity contribution in [2.75, 3.05) is 7.05 Å². The van der Waals surface area contributed by atoms with E-state index >= 15 is 0 Å². The topological polar surface area (TPSA) is 58.5 Å². The van der Waals surface area contributed by atoms with Crippen LogP contribution < -0.4 is 5.32 Å². The van der Waals surface area contributed by atoms with Crippen LogP contribution in [0.15, 0.2) is 29.4 Å². The van der Waals surface area contributed by atoms with Gasteiger partial charge in [0.05, 0.1) is 0 Å². The maximum Gasteiger partial charge on any atom is 0.252 e. The summed E-state index contributed by atoms with van der Waals surface area (Å²) >= 11 is 0. The molecule has 74 valence electrons. The van der Waals surface area contributed by atoms with Crippen LogP contribution in [-0.4, -0.2) is 13.0 Å². The second kappa shape index (κ2) is 4.50. The van der Waals surface area contributed by atoms with Crippen LogP contribution in [0.25, 0.3) is 0 Å². The number of nitrogens with one attached hydrogen (secondary N) is 1. The Bertz CT molecular complexity index is 332. The second-order valence-corrected chi connectivity index (χ2v) is 3.03. The largest absolute Gasteiger partial charge is 0.357 e. The van der Waals surface area contributed by atoms with Crippen LogP contribution in [0.2, 0.25) is 0 Å². The van der Waals surface area contributed by atoms with Gasteiger partial charge in [-0.2, -0.15) is 0 Å². The molecule has 0 aliphatic carbocycles. The van der Waals surface area contributed by atoms with Gasteiger partial charge in [-0.25, -0.2) is 0 Å². The first-order valence-electron chi connectivity index (χ1n) is 4.29. The Morgan fingerprint density at radius 3 is 2.36 bits per heavy atom. The standard InChI is InChI=1S/C10H12N2O2/c1-7-3-5-8(6-4-7)9(12-14)10(13)11-2/h3-6,9H,1-2H3,(H,11,13). The third-order valence-electron chi connectivity index (χ3n) is 1.99. The van der Waals surface area contributed by atoms with Crippen molar-refractivity contribution < 1.29 is 4.79 Å². The van der Waals surface area contributed by atoms with E-state index in [-0.39, 0.29) is 5.91 Å². The number of rotatable bonds is 3. The van der Waals surface area contributed by atoms with Gasteiger partial charge in [0.25, 0.3) is 5.91 Å². The highest BCUT2D eigenvalue weighted by atomic mass is 16.3. The molecule has 0 aliphatic rings. The highest BCUT2D eigenvalue weighted by molar-refractivity contribution is 5.83. The van der Waals surface area contributed by atoms with Crippen LogP contribution in [0, 0.1) is 11.8 Å². The summed E-state index contributed by atoms with van der Waals surface area (Å²) in [7, 11) is 1.48. The Balaban J connectivity index is 2.95. The number of amides is 1. The van der Waals surface area contributed by atoms with E-state index in [1.807, 2.05) is 19.1 Å². The smallest absolute Gasteiger partial charge is 0.252 e. The van der Waals surface area contributed by atoms with E-state index in [9.17, 15) is 9.70 Å². The molecule has 0 heterocycles. The van der Waals surface area contributed by atoms with Gasteiger partial charge in [-0.15, -0.1) is 4.91 Å². The minimum Gasteiger partial charge on any atom is -0.357 e. The lowest BCUT2D eigenvalue weighted by molar-refractivity contribution is -0.121. The Morgan fingerprint density at radius 1 is 1.36 bits per heavy atom. The molecule has 0 saturated heterocycles. The highest BCUT2D eigenvalue weighted by Gasteiger charge is 2.19. The van der Waals surface area contributed by atoms with E-state index < -0.39 is 6.04 Å². The Kier molecular flexibility index (Phi) is 3.34. The molecule has 1 aromatic rings. The summed E-state index contributed by atoms with van der Waals surface area (Å²) in [6, 6.07) is 6.21. The van der Waals surface area contributed by atoms with Crippen molar-refractivity contribution >= 4 is 5.91 Å². The zero-order valence-corrected chi connectivity index (χ0v) is 8.15. The van der Waals surface area contributed by atoms with Crippen molar-refractivity contribution in [1.29, 1.82) is 0 Å². The van der Waals surface area contributed by atoms with Gasteiger partial charge in [-0.3, -0.25) is 4.79 Å². The molecular formula is C10H12N2O2.